The van der Waals surface area contributed by atoms with Gasteiger partial charge in [-0.15, -0.1) is 0 Å². The van der Waals surface area contributed by atoms with Crippen molar-refractivity contribution in [3.05, 3.63) is 24.3 Å². The lowest BCUT2D eigenvalue weighted by Gasteiger charge is -2.32. The van der Waals surface area contributed by atoms with Crippen molar-refractivity contribution >= 4 is 17.3 Å². The molecule has 1 aliphatic rings. The number of carbonyl (C=O) groups excluding carboxylic acids is 1. The second-order valence-electron chi connectivity index (χ2n) is 3.37. The van der Waals surface area contributed by atoms with Gasteiger partial charge in [-0.3, -0.25) is 4.79 Å². The lowest BCUT2D eigenvalue weighted by atomic mass is 10.1. The first-order valence-electron chi connectivity index (χ1n) is 4.52. The number of hydrogen-bond acceptors (Lipinski definition) is 2. The Hall–Kier alpha value is -1.65. The Morgan fingerprint density at radius 2 is 2.07 bits per heavy atom. The molecular formula is C10H10F2N2O. The van der Waals surface area contributed by atoms with Crippen molar-refractivity contribution in [2.75, 3.05) is 17.3 Å². The summed E-state index contributed by atoms with van der Waals surface area (Å²) in [4.78, 5) is 12.8. The van der Waals surface area contributed by atoms with Crippen LogP contribution in [0.25, 0.3) is 0 Å². The minimum absolute atomic E-state index is 0.560. The van der Waals surface area contributed by atoms with Gasteiger partial charge in [0.2, 0.25) is 0 Å². The molecule has 1 aliphatic heterocycles. The second kappa shape index (κ2) is 3.49. The Labute approximate surface area is 85.7 Å². The quantitative estimate of drug-likeness (QED) is 0.768. The summed E-state index contributed by atoms with van der Waals surface area (Å²) in [5.41, 5.74) is 1.18. The highest BCUT2D eigenvalue weighted by Gasteiger charge is 2.35. The third-order valence-corrected chi connectivity index (χ3v) is 2.43. The van der Waals surface area contributed by atoms with Crippen LogP contribution in [0.5, 0.6) is 0 Å². The van der Waals surface area contributed by atoms with Crippen LogP contribution in [0.3, 0.4) is 0 Å². The predicted octanol–water partition coefficient (Wildman–Crippen LogP) is 1.71. The minimum atomic E-state index is -2.70. The number of nitrogens with one attached hydrogen (secondary N) is 1. The number of likely N-dealkylation sites (N-methyl/N-ethyl adjacent to an activating group) is 1. The predicted molar refractivity (Wildman–Crippen MR) is 53.3 cm³/mol. The molecule has 3 nitrogen and oxygen atoms in total. The topological polar surface area (TPSA) is 32.3 Å². The average molecular weight is 212 g/mol. The van der Waals surface area contributed by atoms with Crippen molar-refractivity contribution in [1.29, 1.82) is 0 Å². The second-order valence-corrected chi connectivity index (χ2v) is 3.37. The molecule has 1 aromatic carbocycles. The highest BCUT2D eigenvalue weighted by molar-refractivity contribution is 6.04. The number of benzene rings is 1. The van der Waals surface area contributed by atoms with Crippen LogP contribution in [-0.2, 0) is 4.79 Å². The number of amides is 1. The molecule has 15 heavy (non-hydrogen) atoms. The van der Waals surface area contributed by atoms with E-state index in [1.54, 1.807) is 24.3 Å². The number of hydrogen-bond donors (Lipinski definition) is 1. The molecule has 80 valence electrons. The Bertz CT molecular complexity index is 395. The maximum atomic E-state index is 12.5. The van der Waals surface area contributed by atoms with E-state index in [0.29, 0.717) is 11.4 Å². The first-order chi connectivity index (χ1) is 7.11. The number of alkyl halides is 2. The van der Waals surface area contributed by atoms with Gasteiger partial charge in [-0.05, 0) is 12.1 Å². The summed E-state index contributed by atoms with van der Waals surface area (Å²) in [5.74, 6) is -0.608. The first kappa shape index (κ1) is 9.89. The molecule has 0 fully saturated rings. The fourth-order valence-corrected chi connectivity index (χ4v) is 1.62. The van der Waals surface area contributed by atoms with Crippen molar-refractivity contribution in [3.8, 4) is 0 Å². The number of carbonyl (C=O) groups is 1. The smallest absolute Gasteiger partial charge is 0.267 e. The van der Waals surface area contributed by atoms with Crippen LogP contribution in [-0.4, -0.2) is 25.4 Å². The summed E-state index contributed by atoms with van der Waals surface area (Å²) >= 11 is 0. The standard InChI is InChI=1S/C10H10F2N2O/c1-14-7-5-3-2-4-6(7)13-8(9(11)12)10(14)15/h2-5,8-9,13H,1H3. The van der Waals surface area contributed by atoms with Gasteiger partial charge in [0.1, 0.15) is 0 Å². The zero-order valence-electron chi connectivity index (χ0n) is 8.08. The van der Waals surface area contributed by atoms with Crippen LogP contribution in [0.4, 0.5) is 20.2 Å². The first-order valence-corrected chi connectivity index (χ1v) is 4.52. The summed E-state index contributed by atoms with van der Waals surface area (Å²) in [6, 6.07) is 5.44. The van der Waals surface area contributed by atoms with E-state index in [0.717, 1.165) is 0 Å². The van der Waals surface area contributed by atoms with Gasteiger partial charge in [0.05, 0.1) is 11.4 Å². The number of fused-ring (bicyclic) bond motifs is 1. The van der Waals surface area contributed by atoms with E-state index in [1.165, 1.54) is 11.9 Å². The molecule has 1 unspecified atom stereocenters. The molecule has 0 spiro atoms. The number of anilines is 2. The fourth-order valence-electron chi connectivity index (χ4n) is 1.62. The Kier molecular flexibility index (Phi) is 2.30. The number of halogens is 2. The maximum absolute atomic E-state index is 12.5. The molecule has 2 rings (SSSR count). The largest absolute Gasteiger partial charge is 0.367 e. The van der Waals surface area contributed by atoms with Gasteiger partial charge < -0.3 is 10.2 Å². The normalized spacial score (nSPS) is 20.1. The Morgan fingerprint density at radius 1 is 1.40 bits per heavy atom. The monoisotopic (exact) mass is 212 g/mol. The summed E-state index contributed by atoms with van der Waals surface area (Å²) in [6.07, 6.45) is -2.70. The van der Waals surface area contributed by atoms with Gasteiger partial charge in [0, 0.05) is 7.05 Å². The van der Waals surface area contributed by atoms with E-state index in [-0.39, 0.29) is 0 Å². The molecule has 1 atom stereocenters. The molecule has 0 bridgehead atoms. The zero-order chi connectivity index (χ0) is 11.0. The van der Waals surface area contributed by atoms with E-state index in [2.05, 4.69) is 5.32 Å². The third kappa shape index (κ3) is 1.54. The van der Waals surface area contributed by atoms with Crippen molar-refractivity contribution in [2.24, 2.45) is 0 Å². The molecule has 1 N–H and O–H groups in total. The lowest BCUT2D eigenvalue weighted by molar-refractivity contribution is -0.122. The van der Waals surface area contributed by atoms with Gasteiger partial charge in [-0.1, -0.05) is 12.1 Å². The van der Waals surface area contributed by atoms with Gasteiger partial charge >= 0.3 is 0 Å². The third-order valence-electron chi connectivity index (χ3n) is 2.43. The summed E-state index contributed by atoms with van der Waals surface area (Å²) < 4.78 is 25.1. The summed E-state index contributed by atoms with van der Waals surface area (Å²) in [7, 11) is 1.50. The Balaban J connectivity index is 2.41. The number of nitrogens with zero attached hydrogens (tertiary/aromatic N) is 1. The van der Waals surface area contributed by atoms with Gasteiger partial charge in [-0.2, -0.15) is 0 Å². The molecule has 0 saturated heterocycles. The Morgan fingerprint density at radius 3 is 2.73 bits per heavy atom. The molecule has 0 aliphatic carbocycles. The zero-order valence-corrected chi connectivity index (χ0v) is 8.08. The van der Waals surface area contributed by atoms with E-state index in [9.17, 15) is 13.6 Å². The lowest BCUT2D eigenvalue weighted by Crippen LogP contribution is -2.48. The SMILES string of the molecule is CN1C(=O)C(C(F)F)Nc2ccccc21. The molecule has 0 radical (unpaired) electrons. The minimum Gasteiger partial charge on any atom is -0.367 e. The van der Waals surface area contributed by atoms with E-state index < -0.39 is 18.4 Å². The molecule has 1 aromatic rings. The summed E-state index contributed by atoms with van der Waals surface area (Å²) in [5, 5.41) is 2.54. The van der Waals surface area contributed by atoms with Crippen molar-refractivity contribution < 1.29 is 13.6 Å². The van der Waals surface area contributed by atoms with Crippen LogP contribution in [0.15, 0.2) is 24.3 Å². The van der Waals surface area contributed by atoms with E-state index in [4.69, 9.17) is 0 Å². The van der Waals surface area contributed by atoms with Crippen LogP contribution in [0, 0.1) is 0 Å². The highest BCUT2D eigenvalue weighted by atomic mass is 19.3. The molecule has 5 heteroatoms. The van der Waals surface area contributed by atoms with Crippen LogP contribution < -0.4 is 10.2 Å². The number of rotatable bonds is 1. The fraction of sp³-hybridized carbons (Fsp3) is 0.300. The van der Waals surface area contributed by atoms with Gasteiger partial charge in [0.25, 0.3) is 12.3 Å². The van der Waals surface area contributed by atoms with Crippen LogP contribution in [0.2, 0.25) is 0 Å². The molecule has 1 amide bonds. The van der Waals surface area contributed by atoms with Crippen LogP contribution in [0.1, 0.15) is 0 Å². The van der Waals surface area contributed by atoms with Crippen molar-refractivity contribution in [1.82, 2.24) is 0 Å². The highest BCUT2D eigenvalue weighted by Crippen LogP contribution is 2.31. The van der Waals surface area contributed by atoms with E-state index >= 15 is 0 Å². The maximum Gasteiger partial charge on any atom is 0.267 e. The molecular weight excluding hydrogens is 202 g/mol. The summed E-state index contributed by atoms with van der Waals surface area (Å²) in [6.45, 7) is 0. The molecule has 0 aromatic heterocycles. The van der Waals surface area contributed by atoms with Crippen molar-refractivity contribution in [2.45, 2.75) is 12.5 Å². The van der Waals surface area contributed by atoms with Gasteiger partial charge in [-0.25, -0.2) is 8.78 Å². The van der Waals surface area contributed by atoms with Crippen molar-refractivity contribution in [3.63, 3.8) is 0 Å². The average Bonchev–Trinajstić information content (AvgIpc) is 2.23. The van der Waals surface area contributed by atoms with E-state index in [1.807, 2.05) is 0 Å². The van der Waals surface area contributed by atoms with Gasteiger partial charge in [0.15, 0.2) is 6.04 Å². The molecule has 1 heterocycles. The van der Waals surface area contributed by atoms with Crippen LogP contribution >= 0.6 is 0 Å². The molecule has 0 saturated carbocycles. The number of para-hydroxylation sites is 2.